The molecule has 1 heterocycles. The molecule has 8 heteroatoms. The van der Waals surface area contributed by atoms with Crippen LogP contribution in [0, 0.1) is 17.1 Å². The molecule has 0 aromatic heterocycles. The van der Waals surface area contributed by atoms with Gasteiger partial charge in [-0.2, -0.15) is 5.26 Å². The summed E-state index contributed by atoms with van der Waals surface area (Å²) in [7, 11) is 2.73. The van der Waals surface area contributed by atoms with Gasteiger partial charge < -0.3 is 24.7 Å². The predicted molar refractivity (Wildman–Crippen MR) is 89.5 cm³/mol. The van der Waals surface area contributed by atoms with Crippen LogP contribution in [0.15, 0.2) is 34.9 Å². The van der Waals surface area contributed by atoms with Crippen LogP contribution in [0.2, 0.25) is 0 Å². The fraction of sp³-hybridized carbons (Fsp3) is 0.333. The molecular formula is C18H19FN2O5. The van der Waals surface area contributed by atoms with Gasteiger partial charge in [-0.1, -0.05) is 0 Å². The number of halogens is 1. The molecule has 2 rings (SSSR count). The van der Waals surface area contributed by atoms with Crippen LogP contribution in [-0.2, 0) is 14.3 Å². The molecular weight excluding hydrogens is 343 g/mol. The lowest BCUT2D eigenvalue weighted by Gasteiger charge is -2.28. The second-order valence-corrected chi connectivity index (χ2v) is 5.34. The normalized spacial score (nSPS) is 16.7. The standard InChI is InChI=1S/C18H19FN2O5/c1-5-25-18(22)14-9(2)26-17(21)11(8-20)15(14)16-12(19)6-10(23-3)7-13(16)24-4/h6-7,15H,5,21H2,1-4H3. The average molecular weight is 362 g/mol. The Kier molecular flexibility index (Phi) is 5.72. The number of rotatable bonds is 5. The van der Waals surface area contributed by atoms with E-state index in [2.05, 4.69) is 0 Å². The Labute approximate surface area is 150 Å². The van der Waals surface area contributed by atoms with Crippen molar-refractivity contribution in [3.05, 3.63) is 46.3 Å². The van der Waals surface area contributed by atoms with E-state index in [0.717, 1.165) is 6.07 Å². The number of nitriles is 1. The Morgan fingerprint density at radius 3 is 2.62 bits per heavy atom. The van der Waals surface area contributed by atoms with Gasteiger partial charge in [-0.15, -0.1) is 0 Å². The van der Waals surface area contributed by atoms with Gasteiger partial charge in [-0.3, -0.25) is 0 Å². The van der Waals surface area contributed by atoms with Crippen LogP contribution in [0.5, 0.6) is 11.5 Å². The highest BCUT2D eigenvalue weighted by Crippen LogP contribution is 2.45. The third-order valence-electron chi connectivity index (χ3n) is 3.91. The van der Waals surface area contributed by atoms with Gasteiger partial charge in [0.1, 0.15) is 34.7 Å². The molecule has 0 fully saturated rings. The molecule has 2 N–H and O–H groups in total. The fourth-order valence-electron chi connectivity index (χ4n) is 2.78. The Bertz CT molecular complexity index is 839. The molecule has 1 unspecified atom stereocenters. The molecule has 138 valence electrons. The molecule has 1 aliphatic heterocycles. The van der Waals surface area contributed by atoms with E-state index in [1.54, 1.807) is 6.92 Å². The third kappa shape index (κ3) is 3.28. The summed E-state index contributed by atoms with van der Waals surface area (Å²) < 4.78 is 35.6. The summed E-state index contributed by atoms with van der Waals surface area (Å²) in [6.07, 6.45) is 0. The second kappa shape index (κ2) is 7.78. The summed E-state index contributed by atoms with van der Waals surface area (Å²) in [6, 6.07) is 4.48. The van der Waals surface area contributed by atoms with Crippen molar-refractivity contribution in [1.82, 2.24) is 0 Å². The molecule has 1 aromatic carbocycles. The maximum atomic E-state index is 14.9. The van der Waals surface area contributed by atoms with Crippen molar-refractivity contribution in [3.8, 4) is 17.6 Å². The largest absolute Gasteiger partial charge is 0.497 e. The quantitative estimate of drug-likeness (QED) is 0.803. The van der Waals surface area contributed by atoms with Gasteiger partial charge in [-0.05, 0) is 13.8 Å². The van der Waals surface area contributed by atoms with E-state index in [0.29, 0.717) is 0 Å². The SMILES string of the molecule is CCOC(=O)C1=C(C)OC(N)=C(C#N)C1c1c(F)cc(OC)cc1OC. The van der Waals surface area contributed by atoms with Crippen LogP contribution in [0.4, 0.5) is 4.39 Å². The third-order valence-corrected chi connectivity index (χ3v) is 3.91. The van der Waals surface area contributed by atoms with Gasteiger partial charge in [-0.25, -0.2) is 9.18 Å². The van der Waals surface area contributed by atoms with Crippen LogP contribution in [0.1, 0.15) is 25.3 Å². The highest BCUT2D eigenvalue weighted by atomic mass is 19.1. The van der Waals surface area contributed by atoms with Crippen molar-refractivity contribution in [2.75, 3.05) is 20.8 Å². The second-order valence-electron chi connectivity index (χ2n) is 5.34. The molecule has 0 amide bonds. The molecule has 1 aliphatic rings. The highest BCUT2D eigenvalue weighted by molar-refractivity contribution is 5.92. The maximum absolute atomic E-state index is 14.9. The summed E-state index contributed by atoms with van der Waals surface area (Å²) in [5, 5.41) is 9.53. The van der Waals surface area contributed by atoms with E-state index < -0.39 is 17.7 Å². The number of methoxy groups -OCH3 is 2. The number of allylic oxidation sites excluding steroid dienone is 2. The minimum Gasteiger partial charge on any atom is -0.497 e. The van der Waals surface area contributed by atoms with Gasteiger partial charge in [0.15, 0.2) is 0 Å². The zero-order valence-electron chi connectivity index (χ0n) is 14.9. The monoisotopic (exact) mass is 362 g/mol. The zero-order chi connectivity index (χ0) is 19.4. The maximum Gasteiger partial charge on any atom is 0.338 e. The van der Waals surface area contributed by atoms with Crippen LogP contribution >= 0.6 is 0 Å². The van der Waals surface area contributed by atoms with E-state index in [1.807, 2.05) is 6.07 Å². The van der Waals surface area contributed by atoms with Crippen LogP contribution in [-0.4, -0.2) is 26.8 Å². The molecule has 0 saturated heterocycles. The Morgan fingerprint density at radius 2 is 2.08 bits per heavy atom. The number of nitrogens with zero attached hydrogens (tertiary/aromatic N) is 1. The van der Waals surface area contributed by atoms with Crippen molar-refractivity contribution in [2.45, 2.75) is 19.8 Å². The molecule has 0 bridgehead atoms. The first-order valence-electron chi connectivity index (χ1n) is 7.76. The summed E-state index contributed by atoms with van der Waals surface area (Å²) >= 11 is 0. The van der Waals surface area contributed by atoms with Gasteiger partial charge in [0, 0.05) is 17.7 Å². The van der Waals surface area contributed by atoms with E-state index in [1.165, 1.54) is 27.2 Å². The molecule has 0 saturated carbocycles. The van der Waals surface area contributed by atoms with Gasteiger partial charge in [0.25, 0.3) is 0 Å². The van der Waals surface area contributed by atoms with Crippen molar-refractivity contribution >= 4 is 5.97 Å². The first-order chi connectivity index (χ1) is 12.4. The van der Waals surface area contributed by atoms with Gasteiger partial charge >= 0.3 is 5.97 Å². The predicted octanol–water partition coefficient (Wildman–Crippen LogP) is 2.49. The first-order valence-corrected chi connectivity index (χ1v) is 7.76. The van der Waals surface area contributed by atoms with E-state index in [-0.39, 0.29) is 46.5 Å². The molecule has 0 spiro atoms. The lowest BCUT2D eigenvalue weighted by Crippen LogP contribution is -2.26. The number of nitrogens with two attached hydrogens (primary N) is 1. The van der Waals surface area contributed by atoms with Gasteiger partial charge in [0.2, 0.25) is 5.88 Å². The van der Waals surface area contributed by atoms with Crippen LogP contribution in [0.25, 0.3) is 0 Å². The van der Waals surface area contributed by atoms with Crippen molar-refractivity contribution in [2.24, 2.45) is 5.73 Å². The summed E-state index contributed by atoms with van der Waals surface area (Å²) in [5.74, 6) is -2.33. The Hall–Kier alpha value is -3.21. The molecule has 1 aromatic rings. The molecule has 0 radical (unpaired) electrons. The fourth-order valence-corrected chi connectivity index (χ4v) is 2.78. The smallest absolute Gasteiger partial charge is 0.338 e. The van der Waals surface area contributed by atoms with Crippen LogP contribution < -0.4 is 15.2 Å². The number of hydrogen-bond donors (Lipinski definition) is 1. The van der Waals surface area contributed by atoms with E-state index in [4.69, 9.17) is 24.7 Å². The topological polar surface area (TPSA) is 104 Å². The Morgan fingerprint density at radius 1 is 1.38 bits per heavy atom. The molecule has 0 aliphatic carbocycles. The van der Waals surface area contributed by atoms with Crippen molar-refractivity contribution in [1.29, 1.82) is 5.26 Å². The minimum atomic E-state index is -1.13. The molecule has 7 nitrogen and oxygen atoms in total. The average Bonchev–Trinajstić information content (AvgIpc) is 2.60. The number of benzene rings is 1. The van der Waals surface area contributed by atoms with E-state index >= 15 is 0 Å². The first kappa shape index (κ1) is 19.1. The van der Waals surface area contributed by atoms with Crippen molar-refractivity contribution < 1.29 is 28.1 Å². The summed E-state index contributed by atoms with van der Waals surface area (Å²) in [4.78, 5) is 12.5. The summed E-state index contributed by atoms with van der Waals surface area (Å²) in [6.45, 7) is 3.23. The number of carbonyl (C=O) groups is 1. The number of ether oxygens (including phenoxy) is 4. The van der Waals surface area contributed by atoms with E-state index in [9.17, 15) is 14.4 Å². The highest BCUT2D eigenvalue weighted by Gasteiger charge is 2.39. The number of esters is 1. The number of hydrogen-bond acceptors (Lipinski definition) is 7. The number of carbonyl (C=O) groups excluding carboxylic acids is 1. The Balaban J connectivity index is 2.78. The van der Waals surface area contributed by atoms with Crippen molar-refractivity contribution in [3.63, 3.8) is 0 Å². The molecule has 26 heavy (non-hydrogen) atoms. The zero-order valence-corrected chi connectivity index (χ0v) is 14.9. The lowest BCUT2D eigenvalue weighted by atomic mass is 9.82. The van der Waals surface area contributed by atoms with Gasteiger partial charge in [0.05, 0.1) is 32.3 Å². The summed E-state index contributed by atoms with van der Waals surface area (Å²) in [5.41, 5.74) is 5.65. The van der Waals surface area contributed by atoms with Crippen LogP contribution in [0.3, 0.4) is 0 Å². The molecule has 1 atom stereocenters. The lowest BCUT2D eigenvalue weighted by molar-refractivity contribution is -0.139. The minimum absolute atomic E-state index is 0.0139.